The zero-order valence-corrected chi connectivity index (χ0v) is 17.6. The summed E-state index contributed by atoms with van der Waals surface area (Å²) in [5.41, 5.74) is 3.85. The Labute approximate surface area is 182 Å². The maximum atomic E-state index is 12.9. The molecule has 2 amide bonds. The first-order valence-electron chi connectivity index (χ1n) is 10.5. The fourth-order valence-corrected chi connectivity index (χ4v) is 3.97. The number of amides is 2. The molecule has 1 aliphatic heterocycles. The second-order valence-electron chi connectivity index (χ2n) is 7.74. The summed E-state index contributed by atoms with van der Waals surface area (Å²) in [6, 6.07) is 25.4. The highest BCUT2D eigenvalue weighted by Gasteiger charge is 2.28. The SMILES string of the molecule is COc1cccc(-c2cccc(C[C@H]3CN(C(=O)c4ccccc4)CCNC3=O)c2)c1. The van der Waals surface area contributed by atoms with E-state index < -0.39 is 0 Å². The van der Waals surface area contributed by atoms with E-state index in [0.29, 0.717) is 31.6 Å². The minimum absolute atomic E-state index is 0.00450. The van der Waals surface area contributed by atoms with Crippen molar-refractivity contribution in [3.05, 3.63) is 90.0 Å². The summed E-state index contributed by atoms with van der Waals surface area (Å²) in [4.78, 5) is 27.4. The van der Waals surface area contributed by atoms with E-state index in [1.807, 2.05) is 66.7 Å². The second-order valence-corrected chi connectivity index (χ2v) is 7.74. The van der Waals surface area contributed by atoms with Crippen LogP contribution < -0.4 is 10.1 Å². The number of nitrogens with one attached hydrogen (secondary N) is 1. The third-order valence-electron chi connectivity index (χ3n) is 5.61. The molecule has 1 aliphatic rings. The highest BCUT2D eigenvalue weighted by atomic mass is 16.5. The Morgan fingerprint density at radius 1 is 1.00 bits per heavy atom. The Morgan fingerprint density at radius 2 is 1.74 bits per heavy atom. The van der Waals surface area contributed by atoms with Crippen LogP contribution in [0.5, 0.6) is 5.75 Å². The van der Waals surface area contributed by atoms with Gasteiger partial charge in [-0.1, -0.05) is 54.6 Å². The molecule has 0 unspecified atom stereocenters. The summed E-state index contributed by atoms with van der Waals surface area (Å²) in [5, 5.41) is 2.96. The van der Waals surface area contributed by atoms with Crippen LogP contribution in [-0.4, -0.2) is 43.5 Å². The smallest absolute Gasteiger partial charge is 0.253 e. The number of hydrogen-bond acceptors (Lipinski definition) is 3. The predicted molar refractivity (Wildman–Crippen MR) is 121 cm³/mol. The molecular weight excluding hydrogens is 388 g/mol. The third-order valence-corrected chi connectivity index (χ3v) is 5.61. The van der Waals surface area contributed by atoms with Gasteiger partial charge in [-0.3, -0.25) is 9.59 Å². The van der Waals surface area contributed by atoms with Crippen LogP contribution in [0, 0.1) is 5.92 Å². The van der Waals surface area contributed by atoms with Crippen molar-refractivity contribution in [2.45, 2.75) is 6.42 Å². The Balaban J connectivity index is 1.53. The molecule has 0 aliphatic carbocycles. The van der Waals surface area contributed by atoms with Gasteiger partial charge in [-0.15, -0.1) is 0 Å². The maximum absolute atomic E-state index is 12.9. The highest BCUT2D eigenvalue weighted by molar-refractivity contribution is 5.94. The maximum Gasteiger partial charge on any atom is 0.253 e. The Kier molecular flexibility index (Phi) is 6.32. The Bertz CT molecular complexity index is 1070. The van der Waals surface area contributed by atoms with E-state index in [9.17, 15) is 9.59 Å². The van der Waals surface area contributed by atoms with E-state index in [4.69, 9.17) is 4.74 Å². The topological polar surface area (TPSA) is 58.6 Å². The minimum atomic E-state index is -0.296. The summed E-state index contributed by atoms with van der Waals surface area (Å²) in [7, 11) is 1.66. The monoisotopic (exact) mass is 414 g/mol. The van der Waals surface area contributed by atoms with Crippen LogP contribution in [0.3, 0.4) is 0 Å². The number of rotatable bonds is 5. The van der Waals surface area contributed by atoms with Crippen molar-refractivity contribution < 1.29 is 14.3 Å². The molecule has 1 saturated heterocycles. The van der Waals surface area contributed by atoms with Crippen molar-refractivity contribution in [2.75, 3.05) is 26.7 Å². The van der Waals surface area contributed by atoms with Gasteiger partial charge in [-0.25, -0.2) is 0 Å². The number of hydrogen-bond donors (Lipinski definition) is 1. The lowest BCUT2D eigenvalue weighted by molar-refractivity contribution is -0.124. The van der Waals surface area contributed by atoms with Gasteiger partial charge >= 0.3 is 0 Å². The van der Waals surface area contributed by atoms with Crippen molar-refractivity contribution in [3.8, 4) is 16.9 Å². The predicted octanol–water partition coefficient (Wildman–Crippen LogP) is 3.79. The molecule has 1 N–H and O–H groups in total. The van der Waals surface area contributed by atoms with Gasteiger partial charge in [0.15, 0.2) is 0 Å². The van der Waals surface area contributed by atoms with Gasteiger partial charge in [-0.05, 0) is 47.4 Å². The summed E-state index contributed by atoms with van der Waals surface area (Å²) >= 11 is 0. The van der Waals surface area contributed by atoms with Crippen molar-refractivity contribution in [1.82, 2.24) is 10.2 Å². The van der Waals surface area contributed by atoms with Crippen LogP contribution in [0.1, 0.15) is 15.9 Å². The number of nitrogens with zero attached hydrogens (tertiary/aromatic N) is 1. The number of carbonyl (C=O) groups is 2. The summed E-state index contributed by atoms with van der Waals surface area (Å²) in [6.07, 6.45) is 0.572. The first-order valence-corrected chi connectivity index (χ1v) is 10.5. The molecule has 4 rings (SSSR count). The van der Waals surface area contributed by atoms with Crippen LogP contribution in [0.2, 0.25) is 0 Å². The Hall–Kier alpha value is -3.60. The molecule has 1 atom stereocenters. The molecule has 5 nitrogen and oxygen atoms in total. The third kappa shape index (κ3) is 4.94. The van der Waals surface area contributed by atoms with Crippen molar-refractivity contribution in [2.24, 2.45) is 5.92 Å². The van der Waals surface area contributed by atoms with Crippen molar-refractivity contribution in [3.63, 3.8) is 0 Å². The second kappa shape index (κ2) is 9.47. The van der Waals surface area contributed by atoms with E-state index in [2.05, 4.69) is 17.4 Å². The van der Waals surface area contributed by atoms with E-state index in [1.54, 1.807) is 12.0 Å². The van der Waals surface area contributed by atoms with Crippen LogP contribution in [0.15, 0.2) is 78.9 Å². The van der Waals surface area contributed by atoms with Crippen LogP contribution >= 0.6 is 0 Å². The lowest BCUT2D eigenvalue weighted by Crippen LogP contribution is -2.37. The standard InChI is InChI=1S/C26H26N2O3/c1-31-24-12-6-11-22(17-24)21-10-5-7-19(15-21)16-23-18-28(14-13-27-25(23)29)26(30)20-8-3-2-4-9-20/h2-12,15,17,23H,13-14,16,18H2,1H3,(H,27,29)/t23-/m0/s1. The summed E-state index contributed by atoms with van der Waals surface area (Å²) in [6.45, 7) is 1.39. The number of methoxy groups -OCH3 is 1. The van der Waals surface area contributed by atoms with Gasteiger partial charge in [0.05, 0.1) is 13.0 Å². The van der Waals surface area contributed by atoms with E-state index in [1.165, 1.54) is 0 Å². The highest BCUT2D eigenvalue weighted by Crippen LogP contribution is 2.26. The zero-order valence-electron chi connectivity index (χ0n) is 17.6. The molecule has 1 fully saturated rings. The normalized spacial score (nSPS) is 16.4. The summed E-state index contributed by atoms with van der Waals surface area (Å²) < 4.78 is 5.34. The van der Waals surface area contributed by atoms with E-state index in [-0.39, 0.29) is 17.7 Å². The minimum Gasteiger partial charge on any atom is -0.497 e. The van der Waals surface area contributed by atoms with Gasteiger partial charge in [0.25, 0.3) is 5.91 Å². The average Bonchev–Trinajstić information content (AvgIpc) is 3.00. The molecular formula is C26H26N2O3. The molecule has 158 valence electrons. The van der Waals surface area contributed by atoms with Gasteiger partial charge < -0.3 is 15.0 Å². The lowest BCUT2D eigenvalue weighted by Gasteiger charge is -2.23. The van der Waals surface area contributed by atoms with Gasteiger partial charge in [-0.2, -0.15) is 0 Å². The van der Waals surface area contributed by atoms with Crippen molar-refractivity contribution >= 4 is 11.8 Å². The molecule has 0 spiro atoms. The molecule has 0 bridgehead atoms. The molecule has 1 heterocycles. The Morgan fingerprint density at radius 3 is 2.52 bits per heavy atom. The number of carbonyl (C=O) groups excluding carboxylic acids is 2. The number of benzene rings is 3. The van der Waals surface area contributed by atoms with Crippen molar-refractivity contribution in [1.29, 1.82) is 0 Å². The first-order chi connectivity index (χ1) is 15.1. The first kappa shape index (κ1) is 20.7. The molecule has 31 heavy (non-hydrogen) atoms. The fourth-order valence-electron chi connectivity index (χ4n) is 3.97. The molecule has 0 aromatic heterocycles. The number of ether oxygens (including phenoxy) is 1. The van der Waals surface area contributed by atoms with Crippen LogP contribution in [0.25, 0.3) is 11.1 Å². The molecule has 5 heteroatoms. The average molecular weight is 415 g/mol. The van der Waals surface area contributed by atoms with E-state index in [0.717, 1.165) is 22.4 Å². The van der Waals surface area contributed by atoms with Gasteiger partial charge in [0.1, 0.15) is 5.75 Å². The molecule has 3 aromatic carbocycles. The van der Waals surface area contributed by atoms with E-state index >= 15 is 0 Å². The zero-order chi connectivity index (χ0) is 21.6. The van der Waals surface area contributed by atoms with Crippen LogP contribution in [0.4, 0.5) is 0 Å². The largest absolute Gasteiger partial charge is 0.497 e. The molecule has 0 radical (unpaired) electrons. The quantitative estimate of drug-likeness (QED) is 0.691. The summed E-state index contributed by atoms with van der Waals surface area (Å²) in [5.74, 6) is 0.471. The molecule has 0 saturated carbocycles. The van der Waals surface area contributed by atoms with Gasteiger partial charge in [0.2, 0.25) is 5.91 Å². The van der Waals surface area contributed by atoms with Gasteiger partial charge in [0, 0.05) is 25.2 Å². The lowest BCUT2D eigenvalue weighted by atomic mass is 9.95. The van der Waals surface area contributed by atoms with Crippen LogP contribution in [-0.2, 0) is 11.2 Å². The fraction of sp³-hybridized carbons (Fsp3) is 0.231. The molecule has 3 aromatic rings.